The molecule has 1 aliphatic heterocycles. The van der Waals surface area contributed by atoms with Crippen LogP contribution >= 0.6 is 0 Å². The van der Waals surface area contributed by atoms with Crippen molar-refractivity contribution in [2.45, 2.75) is 24.9 Å². The highest BCUT2D eigenvalue weighted by atomic mass is 19.4. The van der Waals surface area contributed by atoms with Crippen LogP contribution in [0.4, 0.5) is 17.6 Å². The molecule has 1 aromatic carbocycles. The average molecular weight is 335 g/mol. The number of ether oxygens (including phenoxy) is 1. The number of carbonyl (C=O) groups is 2. The van der Waals surface area contributed by atoms with Crippen LogP contribution in [-0.4, -0.2) is 47.0 Å². The molecular weight excluding hydrogens is 322 g/mol. The van der Waals surface area contributed by atoms with Gasteiger partial charge in [0, 0.05) is 13.0 Å². The molecule has 1 unspecified atom stereocenters. The van der Waals surface area contributed by atoms with Crippen molar-refractivity contribution < 1.29 is 37.0 Å². The molecule has 5 nitrogen and oxygen atoms in total. The van der Waals surface area contributed by atoms with Crippen molar-refractivity contribution in [1.82, 2.24) is 4.90 Å². The number of hydrogen-bond acceptors (Lipinski definition) is 3. The van der Waals surface area contributed by atoms with Crippen LogP contribution in [0.15, 0.2) is 24.3 Å². The van der Waals surface area contributed by atoms with Gasteiger partial charge in [-0.25, -0.2) is 9.18 Å². The van der Waals surface area contributed by atoms with Crippen molar-refractivity contribution in [3.8, 4) is 5.75 Å². The second kappa shape index (κ2) is 6.05. The van der Waals surface area contributed by atoms with Crippen LogP contribution in [-0.2, 0) is 16.0 Å². The Balaban J connectivity index is 2.01. The zero-order valence-corrected chi connectivity index (χ0v) is 11.8. The van der Waals surface area contributed by atoms with Gasteiger partial charge in [0.05, 0.1) is 13.0 Å². The first-order chi connectivity index (χ1) is 10.6. The highest BCUT2D eigenvalue weighted by molar-refractivity contribution is 5.83. The maximum absolute atomic E-state index is 13.9. The molecule has 1 amide bonds. The van der Waals surface area contributed by atoms with Gasteiger partial charge < -0.3 is 14.7 Å². The lowest BCUT2D eigenvalue weighted by molar-refractivity contribution is -0.274. The smallest absolute Gasteiger partial charge is 0.479 e. The fraction of sp³-hybridized carbons (Fsp3) is 0.429. The van der Waals surface area contributed by atoms with E-state index in [-0.39, 0.29) is 24.9 Å². The number of aliphatic carboxylic acids is 1. The molecule has 1 saturated heterocycles. The van der Waals surface area contributed by atoms with Crippen LogP contribution in [0.2, 0.25) is 0 Å². The van der Waals surface area contributed by atoms with Crippen molar-refractivity contribution in [3.05, 3.63) is 29.8 Å². The van der Waals surface area contributed by atoms with Crippen molar-refractivity contribution in [1.29, 1.82) is 0 Å². The van der Waals surface area contributed by atoms with E-state index in [0.29, 0.717) is 0 Å². The molecule has 126 valence electrons. The molecular formula is C14H13F4NO4. The number of benzene rings is 1. The summed E-state index contributed by atoms with van der Waals surface area (Å²) in [6.07, 6.45) is -5.43. The van der Waals surface area contributed by atoms with Crippen molar-refractivity contribution in [2.24, 2.45) is 0 Å². The molecule has 0 aliphatic carbocycles. The number of nitrogens with zero attached hydrogens (tertiary/aromatic N) is 1. The Kier molecular flexibility index (Phi) is 4.49. The van der Waals surface area contributed by atoms with Gasteiger partial charge in [-0.2, -0.15) is 0 Å². The average Bonchev–Trinajstić information content (AvgIpc) is 2.81. The summed E-state index contributed by atoms with van der Waals surface area (Å²) < 4.78 is 54.1. The number of carboxylic acids is 1. The van der Waals surface area contributed by atoms with E-state index >= 15 is 0 Å². The van der Waals surface area contributed by atoms with Gasteiger partial charge in [0.25, 0.3) is 0 Å². The summed E-state index contributed by atoms with van der Waals surface area (Å²) in [5.41, 5.74) is -2.22. The predicted octanol–water partition coefficient (Wildman–Crippen LogP) is 2.15. The van der Waals surface area contributed by atoms with Gasteiger partial charge in [0.2, 0.25) is 11.6 Å². The molecule has 0 aromatic heterocycles. The minimum Gasteiger partial charge on any atom is -0.479 e. The Hall–Kier alpha value is -2.32. The lowest BCUT2D eigenvalue weighted by atomic mass is 10.1. The van der Waals surface area contributed by atoms with Crippen molar-refractivity contribution in [3.63, 3.8) is 0 Å². The van der Waals surface area contributed by atoms with Crippen molar-refractivity contribution in [2.75, 3.05) is 13.1 Å². The topological polar surface area (TPSA) is 66.8 Å². The molecule has 1 aliphatic rings. The minimum absolute atomic E-state index is 0.0552. The van der Waals surface area contributed by atoms with Gasteiger partial charge in [-0.3, -0.25) is 4.79 Å². The number of likely N-dealkylation sites (tertiary alicyclic amines) is 1. The molecule has 1 fully saturated rings. The molecule has 1 heterocycles. The summed E-state index contributed by atoms with van der Waals surface area (Å²) in [6, 6.07) is 4.87. The Morgan fingerprint density at radius 3 is 2.61 bits per heavy atom. The normalized spacial score (nSPS) is 21.3. The van der Waals surface area contributed by atoms with E-state index in [2.05, 4.69) is 4.74 Å². The van der Waals surface area contributed by atoms with E-state index in [4.69, 9.17) is 5.11 Å². The summed E-state index contributed by atoms with van der Waals surface area (Å²) in [5, 5.41) is 8.77. The summed E-state index contributed by atoms with van der Waals surface area (Å²) >= 11 is 0. The Morgan fingerprint density at radius 2 is 2.04 bits per heavy atom. The standard InChI is InChI=1S/C14H13F4NO4/c15-13(12(21)22)4-5-19(8-13)11(20)7-9-2-1-3-10(6-9)23-14(16,17)18/h1-3,6H,4-5,7-8H2,(H,21,22). The van der Waals surface area contributed by atoms with Crippen LogP contribution in [0.1, 0.15) is 12.0 Å². The summed E-state index contributed by atoms with van der Waals surface area (Å²) in [6.45, 7) is -0.625. The maximum Gasteiger partial charge on any atom is 0.573 e. The second-order valence-corrected chi connectivity index (χ2v) is 5.21. The number of rotatable bonds is 4. The maximum atomic E-state index is 13.9. The van der Waals surface area contributed by atoms with E-state index in [1.165, 1.54) is 12.1 Å². The van der Waals surface area contributed by atoms with E-state index in [9.17, 15) is 27.2 Å². The van der Waals surface area contributed by atoms with Gasteiger partial charge in [-0.1, -0.05) is 12.1 Å². The highest BCUT2D eigenvalue weighted by Crippen LogP contribution is 2.27. The van der Waals surface area contributed by atoms with Crippen LogP contribution in [0.25, 0.3) is 0 Å². The minimum atomic E-state index is -4.84. The number of alkyl halides is 4. The zero-order valence-electron chi connectivity index (χ0n) is 11.8. The number of carbonyl (C=O) groups excluding carboxylic acids is 1. The van der Waals surface area contributed by atoms with E-state index in [1.807, 2.05) is 0 Å². The van der Waals surface area contributed by atoms with Crippen LogP contribution in [0, 0.1) is 0 Å². The zero-order chi connectivity index (χ0) is 17.3. The molecule has 0 spiro atoms. The molecule has 2 rings (SSSR count). The molecule has 9 heteroatoms. The van der Waals surface area contributed by atoms with Crippen molar-refractivity contribution >= 4 is 11.9 Å². The molecule has 23 heavy (non-hydrogen) atoms. The lowest BCUT2D eigenvalue weighted by Crippen LogP contribution is -2.39. The van der Waals surface area contributed by atoms with Crippen LogP contribution in [0.5, 0.6) is 5.75 Å². The van der Waals surface area contributed by atoms with Gasteiger partial charge in [-0.05, 0) is 17.7 Å². The predicted molar refractivity (Wildman–Crippen MR) is 69.5 cm³/mol. The number of carboxylic acid groups (broad SMARTS) is 1. The SMILES string of the molecule is O=C(Cc1cccc(OC(F)(F)F)c1)N1CCC(F)(C(=O)O)C1. The first-order valence-corrected chi connectivity index (χ1v) is 6.64. The third-order valence-electron chi connectivity index (χ3n) is 3.44. The molecule has 1 N–H and O–H groups in total. The van der Waals surface area contributed by atoms with Gasteiger partial charge in [0.15, 0.2) is 0 Å². The molecule has 0 radical (unpaired) electrons. The number of amides is 1. The Morgan fingerprint density at radius 1 is 1.35 bits per heavy atom. The fourth-order valence-corrected chi connectivity index (χ4v) is 2.30. The summed E-state index contributed by atoms with van der Waals surface area (Å²) in [4.78, 5) is 23.9. The monoisotopic (exact) mass is 335 g/mol. The van der Waals surface area contributed by atoms with Crippen LogP contribution in [0.3, 0.4) is 0 Å². The molecule has 1 aromatic rings. The number of halogens is 4. The summed E-state index contributed by atoms with van der Waals surface area (Å²) in [7, 11) is 0. The highest BCUT2D eigenvalue weighted by Gasteiger charge is 2.46. The quantitative estimate of drug-likeness (QED) is 0.856. The largest absolute Gasteiger partial charge is 0.573 e. The molecule has 1 atom stereocenters. The Labute approximate surface area is 128 Å². The van der Waals surface area contributed by atoms with E-state index < -0.39 is 36.2 Å². The Bertz CT molecular complexity index is 619. The molecule has 0 saturated carbocycles. The lowest BCUT2D eigenvalue weighted by Gasteiger charge is -2.18. The van der Waals surface area contributed by atoms with E-state index in [1.54, 1.807) is 0 Å². The third kappa shape index (κ3) is 4.33. The number of hydrogen-bond donors (Lipinski definition) is 1. The van der Waals surface area contributed by atoms with Crippen LogP contribution < -0.4 is 4.74 Å². The van der Waals surface area contributed by atoms with Gasteiger partial charge in [0.1, 0.15) is 5.75 Å². The molecule has 0 bridgehead atoms. The third-order valence-corrected chi connectivity index (χ3v) is 3.44. The summed E-state index contributed by atoms with van der Waals surface area (Å²) in [5.74, 6) is -2.65. The van der Waals surface area contributed by atoms with Gasteiger partial charge in [-0.15, -0.1) is 13.2 Å². The fourth-order valence-electron chi connectivity index (χ4n) is 2.30. The first kappa shape index (κ1) is 17.0. The van der Waals surface area contributed by atoms with E-state index in [0.717, 1.165) is 17.0 Å². The second-order valence-electron chi connectivity index (χ2n) is 5.21. The van der Waals surface area contributed by atoms with Gasteiger partial charge >= 0.3 is 12.3 Å². The first-order valence-electron chi connectivity index (χ1n) is 6.64.